The van der Waals surface area contributed by atoms with Gasteiger partial charge in [-0.05, 0) is 31.5 Å². The van der Waals surface area contributed by atoms with E-state index in [2.05, 4.69) is 38.1 Å². The maximum Gasteiger partial charge on any atom is 0.119 e. The van der Waals surface area contributed by atoms with E-state index in [4.69, 9.17) is 9.47 Å². The van der Waals surface area contributed by atoms with E-state index in [0.29, 0.717) is 19.8 Å². The summed E-state index contributed by atoms with van der Waals surface area (Å²) in [5.41, 5.74) is 3.70. The summed E-state index contributed by atoms with van der Waals surface area (Å²) in [6.45, 7) is 5.96. The van der Waals surface area contributed by atoms with Crippen molar-refractivity contribution in [3.8, 4) is 5.75 Å². The van der Waals surface area contributed by atoms with Gasteiger partial charge in [0.1, 0.15) is 12.4 Å². The zero-order valence-electron chi connectivity index (χ0n) is 11.6. The van der Waals surface area contributed by atoms with Gasteiger partial charge >= 0.3 is 0 Å². The van der Waals surface area contributed by atoms with Gasteiger partial charge in [0.2, 0.25) is 0 Å². The first-order chi connectivity index (χ1) is 9.24. The highest BCUT2D eigenvalue weighted by Crippen LogP contribution is 2.11. The lowest BCUT2D eigenvalue weighted by atomic mass is 10.2. The molecule has 0 aliphatic heterocycles. The number of hydrogen-bond acceptors (Lipinski definition) is 2. The molecule has 0 unspecified atom stereocenters. The molecule has 0 aromatic heterocycles. The molecule has 0 fully saturated rings. The second-order valence-corrected chi connectivity index (χ2v) is 4.70. The van der Waals surface area contributed by atoms with Crippen LogP contribution < -0.4 is 4.74 Å². The van der Waals surface area contributed by atoms with Gasteiger partial charge < -0.3 is 9.47 Å². The smallest absolute Gasteiger partial charge is 0.119 e. The highest BCUT2D eigenvalue weighted by Gasteiger charge is 1.95. The van der Waals surface area contributed by atoms with Crippen LogP contribution in [0.1, 0.15) is 16.7 Å². The van der Waals surface area contributed by atoms with Gasteiger partial charge in [0.05, 0.1) is 13.2 Å². The molecular weight excluding hydrogens is 236 g/mol. The molecule has 0 amide bonds. The Kier molecular flexibility index (Phi) is 4.99. The van der Waals surface area contributed by atoms with Crippen molar-refractivity contribution in [1.29, 1.82) is 0 Å². The van der Waals surface area contributed by atoms with Crippen LogP contribution in [0.2, 0.25) is 0 Å². The van der Waals surface area contributed by atoms with E-state index < -0.39 is 0 Å². The molecule has 19 heavy (non-hydrogen) atoms. The fraction of sp³-hybridized carbons (Fsp3) is 0.294. The molecule has 2 aromatic rings. The van der Waals surface area contributed by atoms with Crippen LogP contribution in [-0.2, 0) is 11.3 Å². The Morgan fingerprint density at radius 1 is 0.737 bits per heavy atom. The maximum absolute atomic E-state index is 5.59. The van der Waals surface area contributed by atoms with E-state index in [1.54, 1.807) is 0 Å². The van der Waals surface area contributed by atoms with Crippen molar-refractivity contribution >= 4 is 0 Å². The fourth-order valence-electron chi connectivity index (χ4n) is 1.73. The summed E-state index contributed by atoms with van der Waals surface area (Å²) in [6, 6.07) is 16.4. The average molecular weight is 256 g/mol. The van der Waals surface area contributed by atoms with E-state index in [-0.39, 0.29) is 0 Å². The van der Waals surface area contributed by atoms with Crippen molar-refractivity contribution in [3.05, 3.63) is 65.2 Å². The molecule has 0 atom stereocenters. The van der Waals surface area contributed by atoms with Crippen LogP contribution in [-0.4, -0.2) is 13.2 Å². The number of rotatable bonds is 6. The van der Waals surface area contributed by atoms with Crippen LogP contribution in [0.3, 0.4) is 0 Å². The van der Waals surface area contributed by atoms with E-state index >= 15 is 0 Å². The molecule has 2 rings (SSSR count). The molecule has 0 aliphatic rings. The van der Waals surface area contributed by atoms with Gasteiger partial charge in [0.15, 0.2) is 0 Å². The number of hydrogen-bond donors (Lipinski definition) is 0. The topological polar surface area (TPSA) is 18.5 Å². The molecule has 0 aliphatic carbocycles. The van der Waals surface area contributed by atoms with Gasteiger partial charge in [-0.3, -0.25) is 0 Å². The first-order valence-corrected chi connectivity index (χ1v) is 6.57. The van der Waals surface area contributed by atoms with E-state index in [1.165, 1.54) is 16.7 Å². The molecular formula is C17H20O2. The van der Waals surface area contributed by atoms with Gasteiger partial charge in [-0.15, -0.1) is 0 Å². The minimum absolute atomic E-state index is 0.578. The molecule has 0 saturated heterocycles. The predicted octanol–water partition coefficient (Wildman–Crippen LogP) is 3.90. The summed E-state index contributed by atoms with van der Waals surface area (Å²) >= 11 is 0. The largest absolute Gasteiger partial charge is 0.491 e. The number of aryl methyl sites for hydroxylation is 2. The van der Waals surface area contributed by atoms with Crippen LogP contribution in [0.25, 0.3) is 0 Å². The van der Waals surface area contributed by atoms with Gasteiger partial charge in [-0.1, -0.05) is 47.5 Å². The van der Waals surface area contributed by atoms with Gasteiger partial charge in [0, 0.05) is 0 Å². The van der Waals surface area contributed by atoms with E-state index in [0.717, 1.165) is 5.75 Å². The van der Waals surface area contributed by atoms with Crippen molar-refractivity contribution in [2.75, 3.05) is 13.2 Å². The van der Waals surface area contributed by atoms with Crippen molar-refractivity contribution in [2.24, 2.45) is 0 Å². The summed E-state index contributed by atoms with van der Waals surface area (Å²) < 4.78 is 11.2. The fourth-order valence-corrected chi connectivity index (χ4v) is 1.73. The quantitative estimate of drug-likeness (QED) is 0.730. The van der Waals surface area contributed by atoms with Crippen LogP contribution in [0.15, 0.2) is 48.5 Å². The third-order valence-electron chi connectivity index (χ3n) is 2.91. The average Bonchev–Trinajstić information content (AvgIpc) is 2.43. The highest BCUT2D eigenvalue weighted by atomic mass is 16.5. The Labute approximate surface area is 115 Å². The van der Waals surface area contributed by atoms with Crippen molar-refractivity contribution in [1.82, 2.24) is 0 Å². The lowest BCUT2D eigenvalue weighted by Crippen LogP contribution is -2.06. The molecule has 2 nitrogen and oxygen atoms in total. The molecule has 0 saturated carbocycles. The second kappa shape index (κ2) is 6.95. The SMILES string of the molecule is Cc1ccc(COCCOc2ccc(C)cc2)cc1. The Hall–Kier alpha value is -1.80. The molecule has 0 spiro atoms. The summed E-state index contributed by atoms with van der Waals surface area (Å²) in [5.74, 6) is 0.893. The van der Waals surface area contributed by atoms with Crippen LogP contribution >= 0.6 is 0 Å². The molecule has 2 aromatic carbocycles. The highest BCUT2D eigenvalue weighted by molar-refractivity contribution is 5.26. The number of benzene rings is 2. The van der Waals surface area contributed by atoms with Crippen LogP contribution in [0, 0.1) is 13.8 Å². The summed E-state index contributed by atoms with van der Waals surface area (Å²) in [5, 5.41) is 0. The summed E-state index contributed by atoms with van der Waals surface area (Å²) in [6.07, 6.45) is 0. The lowest BCUT2D eigenvalue weighted by molar-refractivity contribution is 0.0889. The zero-order chi connectivity index (χ0) is 13.5. The third kappa shape index (κ3) is 4.76. The van der Waals surface area contributed by atoms with E-state index in [9.17, 15) is 0 Å². The molecule has 0 N–H and O–H groups in total. The first-order valence-electron chi connectivity index (χ1n) is 6.57. The summed E-state index contributed by atoms with van der Waals surface area (Å²) in [4.78, 5) is 0. The van der Waals surface area contributed by atoms with Gasteiger partial charge in [-0.2, -0.15) is 0 Å². The van der Waals surface area contributed by atoms with Gasteiger partial charge in [0.25, 0.3) is 0 Å². The maximum atomic E-state index is 5.59. The Balaban J connectivity index is 1.64. The second-order valence-electron chi connectivity index (χ2n) is 4.70. The molecule has 0 heterocycles. The van der Waals surface area contributed by atoms with Crippen LogP contribution in [0.5, 0.6) is 5.75 Å². The van der Waals surface area contributed by atoms with Gasteiger partial charge in [-0.25, -0.2) is 0 Å². The summed E-state index contributed by atoms with van der Waals surface area (Å²) in [7, 11) is 0. The number of ether oxygens (including phenoxy) is 2. The van der Waals surface area contributed by atoms with Crippen molar-refractivity contribution < 1.29 is 9.47 Å². The monoisotopic (exact) mass is 256 g/mol. The molecule has 0 radical (unpaired) electrons. The zero-order valence-corrected chi connectivity index (χ0v) is 11.6. The lowest BCUT2D eigenvalue weighted by Gasteiger charge is -2.07. The predicted molar refractivity (Wildman–Crippen MR) is 77.5 cm³/mol. The standard InChI is InChI=1S/C17H20O2/c1-14-3-7-16(8-4-14)13-18-11-12-19-17-9-5-15(2)6-10-17/h3-10H,11-13H2,1-2H3. The third-order valence-corrected chi connectivity index (χ3v) is 2.91. The van der Waals surface area contributed by atoms with E-state index in [1.807, 2.05) is 24.3 Å². The van der Waals surface area contributed by atoms with Crippen molar-refractivity contribution in [3.63, 3.8) is 0 Å². The minimum Gasteiger partial charge on any atom is -0.491 e. The Morgan fingerprint density at radius 2 is 1.32 bits per heavy atom. The first kappa shape index (κ1) is 13.6. The normalized spacial score (nSPS) is 10.4. The Bertz CT molecular complexity index is 438. The van der Waals surface area contributed by atoms with Crippen molar-refractivity contribution in [2.45, 2.75) is 20.5 Å². The Morgan fingerprint density at radius 3 is 1.95 bits per heavy atom. The molecule has 2 heteroatoms. The minimum atomic E-state index is 0.578. The molecule has 100 valence electrons. The van der Waals surface area contributed by atoms with Crippen LogP contribution in [0.4, 0.5) is 0 Å². The molecule has 0 bridgehead atoms.